The first kappa shape index (κ1) is 15.0. The van der Waals surface area contributed by atoms with Crippen molar-refractivity contribution in [2.24, 2.45) is 0 Å². The van der Waals surface area contributed by atoms with Gasteiger partial charge in [-0.05, 0) is 19.8 Å². The zero-order valence-electron chi connectivity index (χ0n) is 11.9. The fourth-order valence-electron chi connectivity index (χ4n) is 2.41. The molecule has 0 aromatic rings. The van der Waals surface area contributed by atoms with Crippen LogP contribution in [0.3, 0.4) is 0 Å². The molecule has 0 bridgehead atoms. The maximum atomic E-state index is 12.1. The number of carbonyl (C=O) groups excluding carboxylic acids is 2. The van der Waals surface area contributed by atoms with E-state index in [-0.39, 0.29) is 30.4 Å². The van der Waals surface area contributed by atoms with Gasteiger partial charge in [-0.3, -0.25) is 9.59 Å². The molecule has 1 aliphatic rings. The normalized spacial score (nSPS) is 21.9. The molecule has 2 atom stereocenters. The summed E-state index contributed by atoms with van der Waals surface area (Å²) in [6, 6.07) is -0.140. The van der Waals surface area contributed by atoms with Crippen LogP contribution >= 0.6 is 0 Å². The van der Waals surface area contributed by atoms with E-state index >= 15 is 0 Å². The first-order chi connectivity index (χ1) is 8.60. The van der Waals surface area contributed by atoms with E-state index in [2.05, 4.69) is 19.2 Å². The standard InChI is InChI=1S/C14H26N2O2/c1-4-6-7-8-9-11(3)16-10-13(17)15-12(5-2)14(16)18/h11-12H,4-10H2,1-3H3,(H,15,17). The summed E-state index contributed by atoms with van der Waals surface area (Å²) in [6.07, 6.45) is 6.48. The first-order valence-electron chi connectivity index (χ1n) is 7.20. The largest absolute Gasteiger partial charge is 0.343 e. The van der Waals surface area contributed by atoms with Crippen LogP contribution in [0.25, 0.3) is 0 Å². The van der Waals surface area contributed by atoms with Crippen molar-refractivity contribution in [3.05, 3.63) is 0 Å². The third-order valence-electron chi connectivity index (χ3n) is 3.65. The van der Waals surface area contributed by atoms with E-state index in [9.17, 15) is 9.59 Å². The summed E-state index contributed by atoms with van der Waals surface area (Å²) in [7, 11) is 0. The molecule has 1 aliphatic heterocycles. The summed E-state index contributed by atoms with van der Waals surface area (Å²) in [4.78, 5) is 25.5. The summed E-state index contributed by atoms with van der Waals surface area (Å²) < 4.78 is 0. The molecule has 0 saturated carbocycles. The van der Waals surface area contributed by atoms with Gasteiger partial charge in [-0.2, -0.15) is 0 Å². The average Bonchev–Trinajstić information content (AvgIpc) is 2.36. The maximum absolute atomic E-state index is 12.1. The molecule has 1 heterocycles. The van der Waals surface area contributed by atoms with Crippen LogP contribution in [0.4, 0.5) is 0 Å². The molecule has 0 aromatic heterocycles. The summed E-state index contributed by atoms with van der Waals surface area (Å²) in [5.74, 6) is 0.0574. The Hall–Kier alpha value is -1.06. The van der Waals surface area contributed by atoms with Gasteiger partial charge >= 0.3 is 0 Å². The molecule has 1 rings (SSSR count). The van der Waals surface area contributed by atoms with Crippen LogP contribution in [0.1, 0.15) is 59.3 Å². The Balaban J connectivity index is 2.46. The molecule has 18 heavy (non-hydrogen) atoms. The van der Waals surface area contributed by atoms with Gasteiger partial charge in [0.1, 0.15) is 6.04 Å². The molecule has 1 fully saturated rings. The molecule has 1 saturated heterocycles. The number of rotatable bonds is 7. The minimum atomic E-state index is -0.315. The minimum absolute atomic E-state index is 0.0261. The lowest BCUT2D eigenvalue weighted by molar-refractivity contribution is -0.146. The number of carbonyl (C=O) groups is 2. The average molecular weight is 254 g/mol. The first-order valence-corrected chi connectivity index (χ1v) is 7.20. The predicted molar refractivity (Wildman–Crippen MR) is 72.2 cm³/mol. The number of piperazine rings is 1. The van der Waals surface area contributed by atoms with E-state index in [0.29, 0.717) is 6.42 Å². The van der Waals surface area contributed by atoms with Crippen LogP contribution < -0.4 is 5.32 Å². The lowest BCUT2D eigenvalue weighted by Crippen LogP contribution is -2.59. The SMILES string of the molecule is CCCCCCC(C)N1CC(=O)NC(CC)C1=O. The van der Waals surface area contributed by atoms with Crippen molar-refractivity contribution in [2.45, 2.75) is 71.4 Å². The molecular formula is C14H26N2O2. The van der Waals surface area contributed by atoms with Crippen molar-refractivity contribution in [3.63, 3.8) is 0 Å². The highest BCUT2D eigenvalue weighted by Crippen LogP contribution is 2.15. The van der Waals surface area contributed by atoms with Gasteiger partial charge in [-0.25, -0.2) is 0 Å². The number of nitrogens with zero attached hydrogens (tertiary/aromatic N) is 1. The fraction of sp³-hybridized carbons (Fsp3) is 0.857. The molecule has 4 heteroatoms. The highest BCUT2D eigenvalue weighted by atomic mass is 16.2. The molecule has 104 valence electrons. The lowest BCUT2D eigenvalue weighted by atomic mass is 10.0. The molecule has 0 radical (unpaired) electrons. The second kappa shape index (κ2) is 7.39. The van der Waals surface area contributed by atoms with Gasteiger partial charge in [0.25, 0.3) is 0 Å². The van der Waals surface area contributed by atoms with E-state index in [1.54, 1.807) is 4.90 Å². The molecule has 4 nitrogen and oxygen atoms in total. The van der Waals surface area contributed by atoms with E-state index in [0.717, 1.165) is 12.8 Å². The second-order valence-electron chi connectivity index (χ2n) is 5.19. The van der Waals surface area contributed by atoms with Crippen molar-refractivity contribution in [1.29, 1.82) is 0 Å². The number of hydrogen-bond donors (Lipinski definition) is 1. The number of amides is 2. The van der Waals surface area contributed by atoms with Gasteiger partial charge in [0.2, 0.25) is 11.8 Å². The highest BCUT2D eigenvalue weighted by Gasteiger charge is 2.33. The fourth-order valence-corrected chi connectivity index (χ4v) is 2.41. The van der Waals surface area contributed by atoms with Gasteiger partial charge in [-0.1, -0.05) is 39.5 Å². The van der Waals surface area contributed by atoms with Crippen LogP contribution in [0.5, 0.6) is 0 Å². The molecule has 2 amide bonds. The van der Waals surface area contributed by atoms with Gasteiger partial charge in [0.05, 0.1) is 6.54 Å². The zero-order valence-corrected chi connectivity index (χ0v) is 11.9. The Kier molecular flexibility index (Phi) is 6.16. The van der Waals surface area contributed by atoms with Crippen molar-refractivity contribution in [3.8, 4) is 0 Å². The van der Waals surface area contributed by atoms with Gasteiger partial charge in [0.15, 0.2) is 0 Å². The van der Waals surface area contributed by atoms with Crippen LogP contribution in [-0.4, -0.2) is 35.3 Å². The van der Waals surface area contributed by atoms with E-state index < -0.39 is 0 Å². The smallest absolute Gasteiger partial charge is 0.245 e. The van der Waals surface area contributed by atoms with E-state index in [1.165, 1.54) is 19.3 Å². The highest BCUT2D eigenvalue weighted by molar-refractivity contribution is 5.94. The molecule has 1 N–H and O–H groups in total. The molecule has 2 unspecified atom stereocenters. The number of hydrogen-bond acceptors (Lipinski definition) is 2. The summed E-state index contributed by atoms with van der Waals surface area (Å²) in [5, 5.41) is 2.75. The quantitative estimate of drug-likeness (QED) is 0.707. The van der Waals surface area contributed by atoms with Crippen LogP contribution in [0.15, 0.2) is 0 Å². The topological polar surface area (TPSA) is 49.4 Å². The summed E-state index contributed by atoms with van der Waals surface area (Å²) >= 11 is 0. The molecule has 0 spiro atoms. The summed E-state index contributed by atoms with van der Waals surface area (Å²) in [5.41, 5.74) is 0. The predicted octanol–water partition coefficient (Wildman–Crippen LogP) is 2.08. The monoisotopic (exact) mass is 254 g/mol. The van der Waals surface area contributed by atoms with Gasteiger partial charge in [0, 0.05) is 6.04 Å². The van der Waals surface area contributed by atoms with Crippen molar-refractivity contribution in [1.82, 2.24) is 10.2 Å². The Morgan fingerprint density at radius 3 is 2.61 bits per heavy atom. The minimum Gasteiger partial charge on any atom is -0.343 e. The van der Waals surface area contributed by atoms with Crippen molar-refractivity contribution in [2.75, 3.05) is 6.54 Å². The Labute approximate surface area is 110 Å². The van der Waals surface area contributed by atoms with E-state index in [4.69, 9.17) is 0 Å². The second-order valence-corrected chi connectivity index (χ2v) is 5.19. The van der Waals surface area contributed by atoms with Gasteiger partial charge < -0.3 is 10.2 Å². The van der Waals surface area contributed by atoms with Crippen molar-refractivity contribution < 1.29 is 9.59 Å². The number of nitrogens with one attached hydrogen (secondary N) is 1. The number of unbranched alkanes of at least 4 members (excludes halogenated alkanes) is 3. The third-order valence-corrected chi connectivity index (χ3v) is 3.65. The van der Waals surface area contributed by atoms with Crippen LogP contribution in [0.2, 0.25) is 0 Å². The Bertz CT molecular complexity index is 292. The molecular weight excluding hydrogens is 228 g/mol. The van der Waals surface area contributed by atoms with Crippen LogP contribution in [0, 0.1) is 0 Å². The summed E-state index contributed by atoms with van der Waals surface area (Å²) in [6.45, 7) is 6.39. The Morgan fingerprint density at radius 1 is 1.28 bits per heavy atom. The van der Waals surface area contributed by atoms with E-state index in [1.807, 2.05) is 6.92 Å². The molecule has 0 aromatic carbocycles. The third kappa shape index (κ3) is 4.00. The lowest BCUT2D eigenvalue weighted by Gasteiger charge is -2.36. The van der Waals surface area contributed by atoms with Gasteiger partial charge in [-0.15, -0.1) is 0 Å². The van der Waals surface area contributed by atoms with Crippen LogP contribution in [-0.2, 0) is 9.59 Å². The maximum Gasteiger partial charge on any atom is 0.245 e. The zero-order chi connectivity index (χ0) is 13.5. The molecule has 0 aliphatic carbocycles. The van der Waals surface area contributed by atoms with Crippen molar-refractivity contribution >= 4 is 11.8 Å². The Morgan fingerprint density at radius 2 is 2.00 bits per heavy atom.